The van der Waals surface area contributed by atoms with Crippen molar-refractivity contribution >= 4 is 15.7 Å². The molecule has 1 fully saturated rings. The summed E-state index contributed by atoms with van der Waals surface area (Å²) in [5.41, 5.74) is 2.42. The number of sulfone groups is 1. The number of carbonyl (C=O) groups is 1. The molecule has 2 aromatic carbocycles. The molecule has 0 unspecified atom stereocenters. The molecule has 1 amide bonds. The lowest BCUT2D eigenvalue weighted by Gasteiger charge is -2.31. The Bertz CT molecular complexity index is 882. The van der Waals surface area contributed by atoms with Gasteiger partial charge in [-0.2, -0.15) is 0 Å². The monoisotopic (exact) mass is 373 g/mol. The average molecular weight is 373 g/mol. The quantitative estimate of drug-likeness (QED) is 0.826. The van der Waals surface area contributed by atoms with Crippen LogP contribution in [0.25, 0.3) is 11.1 Å². The smallest absolute Gasteiger partial charge is 0.253 e. The molecule has 2 aromatic rings. The topological polar surface area (TPSA) is 63.7 Å². The number of benzene rings is 2. The Morgan fingerprint density at radius 3 is 2.27 bits per heavy atom. The number of carbonyl (C=O) groups excluding carboxylic acids is 1. The van der Waals surface area contributed by atoms with E-state index in [9.17, 15) is 13.2 Å². The summed E-state index contributed by atoms with van der Waals surface area (Å²) in [6.07, 6.45) is 3.14. The summed E-state index contributed by atoms with van der Waals surface area (Å²) in [4.78, 5) is 14.9. The normalized spacial score (nSPS) is 15.8. The van der Waals surface area contributed by atoms with Crippen molar-refractivity contribution in [1.82, 2.24) is 4.90 Å². The third-order valence-corrected chi connectivity index (χ3v) is 5.92. The minimum atomic E-state index is -3.22. The number of ether oxygens (including phenoxy) is 1. The van der Waals surface area contributed by atoms with Gasteiger partial charge in [0.2, 0.25) is 0 Å². The Balaban J connectivity index is 1.79. The van der Waals surface area contributed by atoms with E-state index in [1.54, 1.807) is 31.4 Å². The fourth-order valence-corrected chi connectivity index (χ4v) is 3.83. The van der Waals surface area contributed by atoms with Crippen LogP contribution < -0.4 is 0 Å². The van der Waals surface area contributed by atoms with Gasteiger partial charge in [-0.1, -0.05) is 24.3 Å². The Hall–Kier alpha value is -2.18. The van der Waals surface area contributed by atoms with Gasteiger partial charge in [-0.05, 0) is 48.2 Å². The van der Waals surface area contributed by atoms with E-state index >= 15 is 0 Å². The molecule has 5 nitrogen and oxygen atoms in total. The van der Waals surface area contributed by atoms with Crippen molar-refractivity contribution < 1.29 is 17.9 Å². The molecule has 138 valence electrons. The Labute approximate surface area is 154 Å². The summed E-state index contributed by atoms with van der Waals surface area (Å²) in [6.45, 7) is 1.40. The van der Waals surface area contributed by atoms with Gasteiger partial charge >= 0.3 is 0 Å². The number of piperidine rings is 1. The zero-order chi connectivity index (χ0) is 18.7. The van der Waals surface area contributed by atoms with E-state index in [1.807, 2.05) is 29.2 Å². The van der Waals surface area contributed by atoms with Gasteiger partial charge in [-0.25, -0.2) is 8.42 Å². The van der Waals surface area contributed by atoms with Crippen LogP contribution >= 0.6 is 0 Å². The van der Waals surface area contributed by atoms with Crippen molar-refractivity contribution in [1.29, 1.82) is 0 Å². The van der Waals surface area contributed by atoms with E-state index in [4.69, 9.17) is 4.74 Å². The third kappa shape index (κ3) is 4.14. The molecule has 1 aliphatic rings. The van der Waals surface area contributed by atoms with Crippen LogP contribution in [0.2, 0.25) is 0 Å². The van der Waals surface area contributed by atoms with Crippen molar-refractivity contribution in [2.24, 2.45) is 0 Å². The molecule has 0 radical (unpaired) electrons. The van der Waals surface area contributed by atoms with Gasteiger partial charge in [-0.3, -0.25) is 4.79 Å². The summed E-state index contributed by atoms with van der Waals surface area (Å²) in [7, 11) is -1.51. The van der Waals surface area contributed by atoms with Gasteiger partial charge in [0.1, 0.15) is 0 Å². The second kappa shape index (κ2) is 7.60. The van der Waals surface area contributed by atoms with Gasteiger partial charge in [0.25, 0.3) is 5.91 Å². The van der Waals surface area contributed by atoms with Crippen molar-refractivity contribution in [3.05, 3.63) is 54.1 Å². The van der Waals surface area contributed by atoms with Crippen LogP contribution in [0.3, 0.4) is 0 Å². The van der Waals surface area contributed by atoms with E-state index in [2.05, 4.69) is 0 Å². The maximum Gasteiger partial charge on any atom is 0.253 e. The molecular weight excluding hydrogens is 350 g/mol. The van der Waals surface area contributed by atoms with Gasteiger partial charge < -0.3 is 9.64 Å². The zero-order valence-electron chi connectivity index (χ0n) is 15.0. The fourth-order valence-electron chi connectivity index (χ4n) is 3.20. The highest BCUT2D eigenvalue weighted by Gasteiger charge is 2.23. The third-order valence-electron chi connectivity index (χ3n) is 4.79. The zero-order valence-corrected chi connectivity index (χ0v) is 15.8. The van der Waals surface area contributed by atoms with E-state index in [0.717, 1.165) is 24.0 Å². The van der Waals surface area contributed by atoms with Gasteiger partial charge in [0.15, 0.2) is 9.84 Å². The second-order valence-corrected chi connectivity index (χ2v) is 8.62. The molecule has 26 heavy (non-hydrogen) atoms. The van der Waals surface area contributed by atoms with Gasteiger partial charge in [0, 0.05) is 32.0 Å². The first-order valence-electron chi connectivity index (χ1n) is 8.61. The van der Waals surface area contributed by atoms with E-state index < -0.39 is 9.84 Å². The van der Waals surface area contributed by atoms with E-state index in [-0.39, 0.29) is 16.9 Å². The minimum absolute atomic E-state index is 0.0224. The SMILES string of the molecule is COC1CCN(C(=O)c2cccc(-c3ccc(S(C)(=O)=O)cc3)c2)CC1. The summed E-state index contributed by atoms with van der Waals surface area (Å²) in [5, 5.41) is 0. The van der Waals surface area contributed by atoms with E-state index in [1.165, 1.54) is 6.26 Å². The van der Waals surface area contributed by atoms with Crippen LogP contribution in [0, 0.1) is 0 Å². The predicted octanol–water partition coefficient (Wildman–Crippen LogP) is 3.01. The highest BCUT2D eigenvalue weighted by molar-refractivity contribution is 7.90. The molecule has 1 heterocycles. The molecule has 1 aliphatic heterocycles. The number of hydrogen-bond donors (Lipinski definition) is 0. The maximum atomic E-state index is 12.8. The summed E-state index contributed by atoms with van der Waals surface area (Å²) in [5.74, 6) is 0.0224. The van der Waals surface area contributed by atoms with Gasteiger partial charge in [0.05, 0.1) is 11.0 Å². The average Bonchev–Trinajstić information content (AvgIpc) is 2.67. The van der Waals surface area contributed by atoms with Crippen LogP contribution in [0.4, 0.5) is 0 Å². The largest absolute Gasteiger partial charge is 0.381 e. The van der Waals surface area contributed by atoms with E-state index in [0.29, 0.717) is 18.7 Å². The number of hydrogen-bond acceptors (Lipinski definition) is 4. The minimum Gasteiger partial charge on any atom is -0.381 e. The van der Waals surface area contributed by atoms with Crippen LogP contribution in [-0.4, -0.2) is 51.8 Å². The number of methoxy groups -OCH3 is 1. The van der Waals surface area contributed by atoms with Crippen LogP contribution in [0.5, 0.6) is 0 Å². The van der Waals surface area contributed by atoms with Crippen molar-refractivity contribution in [3.8, 4) is 11.1 Å². The summed E-state index contributed by atoms with van der Waals surface area (Å²) >= 11 is 0. The summed E-state index contributed by atoms with van der Waals surface area (Å²) in [6, 6.07) is 14.2. The first-order chi connectivity index (χ1) is 12.4. The second-order valence-electron chi connectivity index (χ2n) is 6.60. The van der Waals surface area contributed by atoms with Crippen molar-refractivity contribution in [2.75, 3.05) is 26.5 Å². The molecule has 6 heteroatoms. The van der Waals surface area contributed by atoms with Crippen molar-refractivity contribution in [3.63, 3.8) is 0 Å². The lowest BCUT2D eigenvalue weighted by molar-refractivity contribution is 0.0351. The molecule has 0 aromatic heterocycles. The molecule has 0 spiro atoms. The molecule has 0 saturated carbocycles. The molecule has 0 bridgehead atoms. The molecule has 1 saturated heterocycles. The van der Waals surface area contributed by atoms with Gasteiger partial charge in [-0.15, -0.1) is 0 Å². The molecule has 0 N–H and O–H groups in total. The van der Waals surface area contributed by atoms with Crippen LogP contribution in [0.1, 0.15) is 23.2 Å². The van der Waals surface area contributed by atoms with Crippen LogP contribution in [0.15, 0.2) is 53.4 Å². The number of likely N-dealkylation sites (tertiary alicyclic amines) is 1. The molecule has 0 aliphatic carbocycles. The first kappa shape index (κ1) is 18.6. The summed E-state index contributed by atoms with van der Waals surface area (Å²) < 4.78 is 28.5. The Morgan fingerprint density at radius 2 is 1.69 bits per heavy atom. The highest BCUT2D eigenvalue weighted by atomic mass is 32.2. The molecule has 3 rings (SSSR count). The van der Waals surface area contributed by atoms with Crippen LogP contribution in [-0.2, 0) is 14.6 Å². The predicted molar refractivity (Wildman–Crippen MR) is 101 cm³/mol. The maximum absolute atomic E-state index is 12.8. The fraction of sp³-hybridized carbons (Fsp3) is 0.350. The Morgan fingerprint density at radius 1 is 1.04 bits per heavy atom. The molecular formula is C20H23NO4S. The lowest BCUT2D eigenvalue weighted by atomic mass is 10.0. The highest BCUT2D eigenvalue weighted by Crippen LogP contribution is 2.24. The number of rotatable bonds is 4. The molecule has 0 atom stereocenters. The number of nitrogens with zero attached hydrogens (tertiary/aromatic N) is 1. The van der Waals surface area contributed by atoms with Crippen molar-refractivity contribution in [2.45, 2.75) is 23.8 Å². The first-order valence-corrected chi connectivity index (χ1v) is 10.5. The number of amides is 1. The standard InChI is InChI=1S/C20H23NO4S/c1-25-18-10-12-21(13-11-18)20(22)17-5-3-4-16(14-17)15-6-8-19(9-7-15)26(2,23)24/h3-9,14,18H,10-13H2,1-2H3. The lowest BCUT2D eigenvalue weighted by Crippen LogP contribution is -2.40. The Kier molecular flexibility index (Phi) is 5.44.